The van der Waals surface area contributed by atoms with Crippen molar-refractivity contribution >= 4 is 5.69 Å². The number of nitrogens with two attached hydrogens (primary N) is 1. The molecule has 0 saturated carbocycles. The van der Waals surface area contributed by atoms with E-state index in [1.54, 1.807) is 0 Å². The minimum atomic E-state index is -0.815. The molecule has 0 radical (unpaired) electrons. The van der Waals surface area contributed by atoms with Crippen LogP contribution in [0.25, 0.3) is 0 Å². The molecule has 0 spiro atoms. The lowest BCUT2D eigenvalue weighted by Gasteiger charge is -2.11. The first-order valence-corrected chi connectivity index (χ1v) is 4.54. The van der Waals surface area contributed by atoms with Crippen LogP contribution in [0.4, 0.5) is 5.69 Å². The molecule has 16 heavy (non-hydrogen) atoms. The van der Waals surface area contributed by atoms with Gasteiger partial charge in [-0.1, -0.05) is 0 Å². The molecular weight excluding hydrogens is 216 g/mol. The summed E-state index contributed by atoms with van der Waals surface area (Å²) in [5.74, 6) is -1.39. The number of aliphatic hydroxyl groups is 1. The maximum absolute atomic E-state index is 10.6. The molecule has 5 N–H and O–H groups in total. The number of benzene rings is 1. The highest BCUT2D eigenvalue weighted by molar-refractivity contribution is 5.56. The van der Waals surface area contributed by atoms with Crippen molar-refractivity contribution in [3.8, 4) is 11.5 Å². The predicted octanol–water partition coefficient (Wildman–Crippen LogP) is 0.388. The first-order chi connectivity index (χ1) is 7.47. The Morgan fingerprint density at radius 3 is 2.56 bits per heavy atom. The number of nitro groups is 1. The number of phenols is 2. The third-order valence-corrected chi connectivity index (χ3v) is 2.16. The van der Waals surface area contributed by atoms with Gasteiger partial charge in [-0.05, 0) is 18.1 Å². The van der Waals surface area contributed by atoms with Crippen LogP contribution in [0, 0.1) is 10.1 Å². The van der Waals surface area contributed by atoms with Crippen molar-refractivity contribution in [1.29, 1.82) is 0 Å². The Labute approximate surface area is 90.9 Å². The van der Waals surface area contributed by atoms with Crippen LogP contribution in [0.15, 0.2) is 12.1 Å². The molecule has 0 bridgehead atoms. The summed E-state index contributed by atoms with van der Waals surface area (Å²) in [6, 6.07) is 1.59. The van der Waals surface area contributed by atoms with E-state index in [0.29, 0.717) is 0 Å². The number of phenolic OH excluding ortho intramolecular Hbond substituents is 2. The minimum Gasteiger partial charge on any atom is -0.504 e. The zero-order chi connectivity index (χ0) is 12.3. The van der Waals surface area contributed by atoms with Gasteiger partial charge in [-0.3, -0.25) is 10.1 Å². The van der Waals surface area contributed by atoms with Crippen LogP contribution < -0.4 is 5.73 Å². The number of aromatic hydroxyl groups is 2. The molecule has 0 aliphatic heterocycles. The average molecular weight is 228 g/mol. The van der Waals surface area contributed by atoms with Gasteiger partial charge in [-0.15, -0.1) is 0 Å². The molecular formula is C9H12N2O5. The largest absolute Gasteiger partial charge is 0.504 e. The summed E-state index contributed by atoms with van der Waals surface area (Å²) < 4.78 is 0. The van der Waals surface area contributed by atoms with Gasteiger partial charge in [0.1, 0.15) is 0 Å². The van der Waals surface area contributed by atoms with Crippen molar-refractivity contribution in [3.05, 3.63) is 27.8 Å². The van der Waals surface area contributed by atoms with E-state index >= 15 is 0 Å². The highest BCUT2D eigenvalue weighted by Crippen LogP contribution is 2.37. The SMILES string of the molecule is N[C@@H](CCO)c1cc(O)c(O)c([N+](=O)[O-])c1. The Bertz CT molecular complexity index is 407. The van der Waals surface area contributed by atoms with Gasteiger partial charge in [-0.25, -0.2) is 0 Å². The van der Waals surface area contributed by atoms with E-state index in [-0.39, 0.29) is 18.6 Å². The minimum absolute atomic E-state index is 0.170. The summed E-state index contributed by atoms with van der Waals surface area (Å²) in [6.45, 7) is -0.170. The third-order valence-electron chi connectivity index (χ3n) is 2.16. The second kappa shape index (κ2) is 4.77. The second-order valence-electron chi connectivity index (χ2n) is 3.28. The molecule has 1 aromatic rings. The molecule has 1 aromatic carbocycles. The standard InChI is InChI=1S/C9H12N2O5/c10-6(1-2-12)5-3-7(11(15)16)9(14)8(13)4-5/h3-4,6,12-14H,1-2,10H2/t6-/m0/s1. The van der Waals surface area contributed by atoms with Crippen molar-refractivity contribution in [2.75, 3.05) is 6.61 Å². The Hall–Kier alpha value is -1.86. The van der Waals surface area contributed by atoms with Crippen LogP contribution in [-0.4, -0.2) is 26.8 Å². The number of hydrogen-bond acceptors (Lipinski definition) is 6. The summed E-state index contributed by atoms with van der Waals surface area (Å²) in [6.07, 6.45) is 0.210. The highest BCUT2D eigenvalue weighted by Gasteiger charge is 2.20. The molecule has 88 valence electrons. The number of nitro benzene ring substituents is 1. The highest BCUT2D eigenvalue weighted by atomic mass is 16.6. The predicted molar refractivity (Wildman–Crippen MR) is 55.1 cm³/mol. The Kier molecular flexibility index (Phi) is 3.64. The van der Waals surface area contributed by atoms with Crippen LogP contribution in [0.3, 0.4) is 0 Å². The van der Waals surface area contributed by atoms with Gasteiger partial charge in [0.2, 0.25) is 5.75 Å². The third kappa shape index (κ3) is 2.38. The zero-order valence-corrected chi connectivity index (χ0v) is 8.33. The van der Waals surface area contributed by atoms with Crippen LogP contribution in [0.1, 0.15) is 18.0 Å². The van der Waals surface area contributed by atoms with Crippen molar-refractivity contribution < 1.29 is 20.2 Å². The zero-order valence-electron chi connectivity index (χ0n) is 8.33. The van der Waals surface area contributed by atoms with Crippen LogP contribution in [-0.2, 0) is 0 Å². The number of hydrogen-bond donors (Lipinski definition) is 4. The van der Waals surface area contributed by atoms with Gasteiger partial charge in [0, 0.05) is 18.7 Å². The van der Waals surface area contributed by atoms with E-state index in [1.165, 1.54) is 0 Å². The summed E-state index contributed by atoms with van der Waals surface area (Å²) in [7, 11) is 0. The monoisotopic (exact) mass is 228 g/mol. The van der Waals surface area contributed by atoms with E-state index < -0.39 is 28.2 Å². The van der Waals surface area contributed by atoms with Crippen LogP contribution in [0.5, 0.6) is 11.5 Å². The molecule has 1 rings (SSSR count). The molecule has 0 aliphatic carbocycles. The summed E-state index contributed by atoms with van der Waals surface area (Å²) in [5, 5.41) is 37.7. The van der Waals surface area contributed by atoms with E-state index in [1.807, 2.05) is 0 Å². The van der Waals surface area contributed by atoms with Crippen LogP contribution >= 0.6 is 0 Å². The summed E-state index contributed by atoms with van der Waals surface area (Å²) in [4.78, 5) is 9.74. The fourth-order valence-electron chi connectivity index (χ4n) is 1.28. The van der Waals surface area contributed by atoms with Gasteiger partial charge >= 0.3 is 5.69 Å². The average Bonchev–Trinajstić information content (AvgIpc) is 2.21. The van der Waals surface area contributed by atoms with Gasteiger partial charge in [0.25, 0.3) is 0 Å². The van der Waals surface area contributed by atoms with Crippen LogP contribution in [0.2, 0.25) is 0 Å². The molecule has 0 amide bonds. The van der Waals surface area contributed by atoms with Crippen molar-refractivity contribution in [2.24, 2.45) is 5.73 Å². The molecule has 0 aromatic heterocycles. The topological polar surface area (TPSA) is 130 Å². The lowest BCUT2D eigenvalue weighted by atomic mass is 10.0. The van der Waals surface area contributed by atoms with E-state index in [0.717, 1.165) is 12.1 Å². The van der Waals surface area contributed by atoms with Gasteiger partial charge in [0.15, 0.2) is 5.75 Å². The first-order valence-electron chi connectivity index (χ1n) is 4.54. The van der Waals surface area contributed by atoms with E-state index in [4.69, 9.17) is 10.8 Å². The molecule has 0 unspecified atom stereocenters. The maximum atomic E-state index is 10.6. The number of aliphatic hydroxyl groups excluding tert-OH is 1. The van der Waals surface area contributed by atoms with Crippen molar-refractivity contribution in [3.63, 3.8) is 0 Å². The van der Waals surface area contributed by atoms with Crippen molar-refractivity contribution in [1.82, 2.24) is 0 Å². The molecule has 0 fully saturated rings. The lowest BCUT2D eigenvalue weighted by Crippen LogP contribution is -2.12. The first kappa shape index (κ1) is 12.2. The fourth-order valence-corrected chi connectivity index (χ4v) is 1.28. The van der Waals surface area contributed by atoms with E-state index in [2.05, 4.69) is 0 Å². The molecule has 0 aliphatic rings. The van der Waals surface area contributed by atoms with Gasteiger partial charge in [0.05, 0.1) is 4.92 Å². The molecule has 1 atom stereocenters. The van der Waals surface area contributed by atoms with Gasteiger partial charge in [-0.2, -0.15) is 0 Å². The molecule has 7 heteroatoms. The fraction of sp³-hybridized carbons (Fsp3) is 0.333. The maximum Gasteiger partial charge on any atom is 0.314 e. The molecule has 7 nitrogen and oxygen atoms in total. The van der Waals surface area contributed by atoms with E-state index in [9.17, 15) is 20.3 Å². The quantitative estimate of drug-likeness (QED) is 0.335. The Morgan fingerprint density at radius 2 is 2.06 bits per heavy atom. The number of rotatable bonds is 4. The van der Waals surface area contributed by atoms with Gasteiger partial charge < -0.3 is 21.1 Å². The number of nitrogens with zero attached hydrogens (tertiary/aromatic N) is 1. The Balaban J connectivity index is 3.18. The summed E-state index contributed by atoms with van der Waals surface area (Å²) in [5.41, 5.74) is 5.30. The molecule has 0 saturated heterocycles. The summed E-state index contributed by atoms with van der Waals surface area (Å²) >= 11 is 0. The second-order valence-corrected chi connectivity index (χ2v) is 3.28. The normalized spacial score (nSPS) is 12.4. The smallest absolute Gasteiger partial charge is 0.314 e. The van der Waals surface area contributed by atoms with Crippen molar-refractivity contribution in [2.45, 2.75) is 12.5 Å². The lowest BCUT2D eigenvalue weighted by molar-refractivity contribution is -0.386. The molecule has 0 heterocycles. The Morgan fingerprint density at radius 1 is 1.44 bits per heavy atom.